The van der Waals surface area contributed by atoms with Crippen molar-refractivity contribution in [3.05, 3.63) is 120 Å². The van der Waals surface area contributed by atoms with Gasteiger partial charge in [0.2, 0.25) is 0 Å². The summed E-state index contributed by atoms with van der Waals surface area (Å²) < 4.78 is 2.26. The molecule has 142 valence electrons. The van der Waals surface area contributed by atoms with Crippen molar-refractivity contribution in [2.75, 3.05) is 0 Å². The van der Waals surface area contributed by atoms with Crippen LogP contribution in [0.25, 0.3) is 33.3 Å². The van der Waals surface area contributed by atoms with Gasteiger partial charge in [0.15, 0.2) is 0 Å². The zero-order valence-electron chi connectivity index (χ0n) is 16.5. The van der Waals surface area contributed by atoms with Gasteiger partial charge in [-0.25, -0.2) is 0 Å². The molecular formula is C28H20N2. The molecule has 0 saturated heterocycles. The number of para-hydroxylation sites is 1. The third kappa shape index (κ3) is 3.38. The van der Waals surface area contributed by atoms with Crippen LogP contribution >= 0.6 is 0 Å². The van der Waals surface area contributed by atoms with Gasteiger partial charge in [-0.3, -0.25) is 0 Å². The molecule has 0 unspecified atom stereocenters. The first-order valence-corrected chi connectivity index (χ1v) is 10.0. The van der Waals surface area contributed by atoms with Crippen LogP contribution in [0.2, 0.25) is 0 Å². The predicted molar refractivity (Wildman–Crippen MR) is 125 cm³/mol. The molecule has 4 aromatic carbocycles. The van der Waals surface area contributed by atoms with E-state index in [0.717, 1.165) is 28.4 Å². The van der Waals surface area contributed by atoms with Gasteiger partial charge in [-0.2, -0.15) is 5.26 Å². The summed E-state index contributed by atoms with van der Waals surface area (Å²) in [5.41, 5.74) is 5.10. The Balaban J connectivity index is 1.60. The van der Waals surface area contributed by atoms with E-state index in [2.05, 4.69) is 89.6 Å². The lowest BCUT2D eigenvalue weighted by Gasteiger charge is -2.05. The quantitative estimate of drug-likeness (QED) is 0.310. The van der Waals surface area contributed by atoms with Crippen LogP contribution in [0.4, 0.5) is 0 Å². The molecule has 0 aliphatic rings. The summed E-state index contributed by atoms with van der Waals surface area (Å²) in [5, 5.41) is 13.4. The first-order chi connectivity index (χ1) is 14.8. The summed E-state index contributed by atoms with van der Waals surface area (Å²) in [4.78, 5) is 0. The number of hydrogen-bond acceptors (Lipinski definition) is 1. The molecule has 0 saturated carbocycles. The summed E-state index contributed by atoms with van der Waals surface area (Å²) >= 11 is 0. The number of nitrogens with zero attached hydrogens (tertiary/aromatic N) is 2. The molecule has 0 aliphatic heterocycles. The highest BCUT2D eigenvalue weighted by Gasteiger charge is 2.09. The Kier molecular flexibility index (Phi) is 4.63. The van der Waals surface area contributed by atoms with Crippen molar-refractivity contribution in [3.8, 4) is 6.07 Å². The maximum Gasteiger partial charge on any atom is 0.0998 e. The Morgan fingerprint density at radius 3 is 2.37 bits per heavy atom. The minimum absolute atomic E-state index is 0.670. The molecule has 0 amide bonds. The average molecular weight is 384 g/mol. The monoisotopic (exact) mass is 384 g/mol. The van der Waals surface area contributed by atoms with Crippen molar-refractivity contribution in [1.29, 1.82) is 5.26 Å². The number of allylic oxidation sites excluding steroid dienone is 1. The van der Waals surface area contributed by atoms with Crippen molar-refractivity contribution < 1.29 is 0 Å². The number of fused-ring (bicyclic) bond motifs is 2. The van der Waals surface area contributed by atoms with Gasteiger partial charge in [-0.05, 0) is 40.1 Å². The molecule has 0 spiro atoms. The fourth-order valence-electron chi connectivity index (χ4n) is 3.99. The molecule has 2 nitrogen and oxygen atoms in total. The first-order valence-electron chi connectivity index (χ1n) is 10.0. The van der Waals surface area contributed by atoms with Crippen molar-refractivity contribution in [1.82, 2.24) is 4.57 Å². The largest absolute Gasteiger partial charge is 0.342 e. The van der Waals surface area contributed by atoms with Crippen LogP contribution in [0, 0.1) is 11.3 Å². The van der Waals surface area contributed by atoms with E-state index < -0.39 is 0 Å². The number of aromatic nitrogens is 1. The van der Waals surface area contributed by atoms with E-state index in [4.69, 9.17) is 0 Å². The molecular weight excluding hydrogens is 364 g/mol. The molecule has 0 N–H and O–H groups in total. The van der Waals surface area contributed by atoms with Crippen LogP contribution in [0.5, 0.6) is 0 Å². The molecule has 2 heteroatoms. The normalized spacial score (nSPS) is 11.6. The second-order valence-corrected chi connectivity index (χ2v) is 7.45. The second kappa shape index (κ2) is 7.73. The van der Waals surface area contributed by atoms with Gasteiger partial charge in [0.25, 0.3) is 0 Å². The highest BCUT2D eigenvalue weighted by Crippen LogP contribution is 2.28. The van der Waals surface area contributed by atoms with Gasteiger partial charge >= 0.3 is 0 Å². The minimum Gasteiger partial charge on any atom is -0.342 e. The molecule has 0 radical (unpaired) electrons. The van der Waals surface area contributed by atoms with Gasteiger partial charge in [0.1, 0.15) is 0 Å². The highest BCUT2D eigenvalue weighted by atomic mass is 15.0. The summed E-state index contributed by atoms with van der Waals surface area (Å²) in [6, 6.07) is 35.7. The molecule has 0 fully saturated rings. The van der Waals surface area contributed by atoms with Crippen LogP contribution in [-0.4, -0.2) is 4.57 Å². The van der Waals surface area contributed by atoms with E-state index in [1.165, 1.54) is 16.5 Å². The van der Waals surface area contributed by atoms with Crippen LogP contribution in [-0.2, 0) is 6.54 Å². The van der Waals surface area contributed by atoms with E-state index in [1.54, 1.807) is 0 Å². The van der Waals surface area contributed by atoms with Crippen molar-refractivity contribution in [3.63, 3.8) is 0 Å². The van der Waals surface area contributed by atoms with E-state index in [0.29, 0.717) is 5.57 Å². The Morgan fingerprint density at radius 1 is 0.800 bits per heavy atom. The molecule has 30 heavy (non-hydrogen) atoms. The minimum atomic E-state index is 0.670. The lowest BCUT2D eigenvalue weighted by molar-refractivity contribution is 0.836. The zero-order chi connectivity index (χ0) is 20.3. The molecule has 0 atom stereocenters. The Morgan fingerprint density at radius 2 is 1.53 bits per heavy atom. The molecule has 0 bridgehead atoms. The van der Waals surface area contributed by atoms with Crippen LogP contribution in [0.1, 0.15) is 16.7 Å². The Hall–Kier alpha value is -4.09. The fraction of sp³-hybridized carbons (Fsp3) is 0.0357. The predicted octanol–water partition coefficient (Wildman–Crippen LogP) is 6.91. The van der Waals surface area contributed by atoms with Crippen molar-refractivity contribution in [2.24, 2.45) is 0 Å². The number of rotatable bonds is 4. The topological polar surface area (TPSA) is 28.7 Å². The summed E-state index contributed by atoms with van der Waals surface area (Å²) in [6.07, 6.45) is 4.16. The third-order valence-corrected chi connectivity index (χ3v) is 5.50. The number of benzene rings is 4. The summed E-state index contributed by atoms with van der Waals surface area (Å²) in [6.45, 7) is 0.799. The third-order valence-electron chi connectivity index (χ3n) is 5.50. The van der Waals surface area contributed by atoms with E-state index in [1.807, 2.05) is 30.3 Å². The number of hydrogen-bond donors (Lipinski definition) is 0. The van der Waals surface area contributed by atoms with E-state index >= 15 is 0 Å². The lowest BCUT2D eigenvalue weighted by atomic mass is 10.00. The molecule has 1 heterocycles. The highest BCUT2D eigenvalue weighted by molar-refractivity contribution is 5.99. The molecule has 5 aromatic rings. The van der Waals surface area contributed by atoms with E-state index in [-0.39, 0.29) is 0 Å². The lowest BCUT2D eigenvalue weighted by Crippen LogP contribution is -1.97. The SMILES string of the molecule is N#C/C(=C/c1cn(Cc2ccccc2)c2ccccc12)c1ccc2ccccc2c1. The van der Waals surface area contributed by atoms with Crippen LogP contribution in [0.15, 0.2) is 103 Å². The van der Waals surface area contributed by atoms with Crippen molar-refractivity contribution in [2.45, 2.75) is 6.54 Å². The first kappa shape index (κ1) is 18.0. The van der Waals surface area contributed by atoms with Crippen LogP contribution < -0.4 is 0 Å². The molecule has 5 rings (SSSR count). The summed E-state index contributed by atoms with van der Waals surface area (Å²) in [5.74, 6) is 0. The zero-order valence-corrected chi connectivity index (χ0v) is 16.5. The van der Waals surface area contributed by atoms with Crippen LogP contribution in [0.3, 0.4) is 0 Å². The van der Waals surface area contributed by atoms with Gasteiger partial charge in [0, 0.05) is 29.2 Å². The maximum atomic E-state index is 9.90. The average Bonchev–Trinajstić information content (AvgIpc) is 3.15. The summed E-state index contributed by atoms with van der Waals surface area (Å²) in [7, 11) is 0. The Labute approximate surface area is 175 Å². The smallest absolute Gasteiger partial charge is 0.0998 e. The standard InChI is InChI=1S/C28H20N2/c29-18-25(24-15-14-22-10-4-5-11-23(22)16-24)17-26-20-30(19-21-8-2-1-3-9-21)28-13-7-6-12-27(26)28/h1-17,20H,19H2/b25-17-. The van der Waals surface area contributed by atoms with Gasteiger partial charge in [-0.15, -0.1) is 0 Å². The van der Waals surface area contributed by atoms with Gasteiger partial charge in [-0.1, -0.05) is 84.9 Å². The van der Waals surface area contributed by atoms with Crippen molar-refractivity contribution >= 4 is 33.3 Å². The fourth-order valence-corrected chi connectivity index (χ4v) is 3.99. The van der Waals surface area contributed by atoms with Gasteiger partial charge < -0.3 is 4.57 Å². The van der Waals surface area contributed by atoms with E-state index in [9.17, 15) is 5.26 Å². The number of nitriles is 1. The molecule has 0 aliphatic carbocycles. The second-order valence-electron chi connectivity index (χ2n) is 7.45. The van der Waals surface area contributed by atoms with Gasteiger partial charge in [0.05, 0.1) is 11.6 Å². The Bertz CT molecular complexity index is 1420. The maximum absolute atomic E-state index is 9.90. The molecule has 1 aromatic heterocycles.